The first-order chi connectivity index (χ1) is 9.06. The van der Waals surface area contributed by atoms with Gasteiger partial charge in [-0.3, -0.25) is 9.48 Å². The number of aromatic nitrogens is 2. The Hall–Kier alpha value is -2.30. The van der Waals surface area contributed by atoms with E-state index in [1.807, 2.05) is 26.1 Å². The smallest absolute Gasteiger partial charge is 0.251 e. The van der Waals surface area contributed by atoms with E-state index in [9.17, 15) is 4.79 Å². The van der Waals surface area contributed by atoms with E-state index in [-0.39, 0.29) is 11.9 Å². The predicted molar refractivity (Wildman–Crippen MR) is 74.7 cm³/mol. The molecule has 3 N–H and O–H groups in total. The maximum atomic E-state index is 12.1. The van der Waals surface area contributed by atoms with E-state index in [4.69, 9.17) is 5.73 Å². The number of benzene rings is 1. The van der Waals surface area contributed by atoms with Gasteiger partial charge in [0.15, 0.2) is 0 Å². The molecule has 0 fully saturated rings. The zero-order valence-electron chi connectivity index (χ0n) is 11.1. The number of nitrogens with zero attached hydrogens (tertiary/aromatic N) is 2. The van der Waals surface area contributed by atoms with Crippen LogP contribution in [0.2, 0.25) is 0 Å². The fourth-order valence-corrected chi connectivity index (χ4v) is 1.98. The molecule has 0 aliphatic rings. The van der Waals surface area contributed by atoms with Crippen molar-refractivity contribution in [3.05, 3.63) is 47.8 Å². The predicted octanol–water partition coefficient (Wildman–Crippen LogP) is 1.59. The average molecular weight is 258 g/mol. The van der Waals surface area contributed by atoms with Gasteiger partial charge < -0.3 is 11.1 Å². The van der Waals surface area contributed by atoms with Crippen molar-refractivity contribution < 1.29 is 4.79 Å². The number of carbonyl (C=O) groups excluding carboxylic acids is 1. The number of rotatable bonds is 4. The molecule has 1 amide bonds. The van der Waals surface area contributed by atoms with Crippen LogP contribution in [0.4, 0.5) is 5.69 Å². The van der Waals surface area contributed by atoms with Crippen LogP contribution in [0.5, 0.6) is 0 Å². The highest BCUT2D eigenvalue weighted by atomic mass is 16.1. The van der Waals surface area contributed by atoms with Crippen LogP contribution >= 0.6 is 0 Å². The number of carbonyl (C=O) groups is 1. The molecule has 1 aromatic heterocycles. The average Bonchev–Trinajstić information content (AvgIpc) is 2.81. The summed E-state index contributed by atoms with van der Waals surface area (Å²) in [7, 11) is 0. The van der Waals surface area contributed by atoms with Crippen LogP contribution in [0.3, 0.4) is 0 Å². The van der Waals surface area contributed by atoms with Crippen molar-refractivity contribution in [2.45, 2.75) is 26.4 Å². The Balaban J connectivity index is 2.00. The third-order valence-corrected chi connectivity index (χ3v) is 2.89. The van der Waals surface area contributed by atoms with Crippen LogP contribution in [-0.2, 0) is 6.54 Å². The molecule has 0 saturated carbocycles. The van der Waals surface area contributed by atoms with Gasteiger partial charge >= 0.3 is 0 Å². The molecule has 1 heterocycles. The summed E-state index contributed by atoms with van der Waals surface area (Å²) < 4.78 is 1.79. The lowest BCUT2D eigenvalue weighted by Gasteiger charge is -2.15. The molecule has 2 aromatic rings. The lowest BCUT2D eigenvalue weighted by molar-refractivity contribution is 0.0935. The van der Waals surface area contributed by atoms with E-state index >= 15 is 0 Å². The molecule has 1 unspecified atom stereocenters. The fraction of sp³-hybridized carbons (Fsp3) is 0.286. The van der Waals surface area contributed by atoms with E-state index in [0.717, 1.165) is 5.56 Å². The van der Waals surface area contributed by atoms with Gasteiger partial charge in [0.05, 0.1) is 6.54 Å². The highest BCUT2D eigenvalue weighted by Crippen LogP contribution is 2.12. The van der Waals surface area contributed by atoms with E-state index in [2.05, 4.69) is 10.4 Å². The lowest BCUT2D eigenvalue weighted by atomic mass is 10.1. The molecule has 0 bridgehead atoms. The molecule has 1 atom stereocenters. The molecule has 5 nitrogen and oxygen atoms in total. The van der Waals surface area contributed by atoms with Crippen molar-refractivity contribution in [2.75, 3.05) is 5.73 Å². The molecular weight excluding hydrogens is 240 g/mol. The standard InChI is InChI=1S/C14H18N4O/c1-10-8-12(15)4-5-13(10)14(19)17-11(2)9-18-7-3-6-16-18/h3-8,11H,9,15H2,1-2H3,(H,17,19). The van der Waals surface area contributed by atoms with Gasteiger partial charge in [0, 0.05) is 29.7 Å². The Morgan fingerprint density at radius 2 is 2.32 bits per heavy atom. The maximum absolute atomic E-state index is 12.1. The van der Waals surface area contributed by atoms with Crippen LogP contribution in [0.25, 0.3) is 0 Å². The third-order valence-electron chi connectivity index (χ3n) is 2.89. The first kappa shape index (κ1) is 13.1. The van der Waals surface area contributed by atoms with Crippen LogP contribution in [-0.4, -0.2) is 21.7 Å². The number of nitrogens with two attached hydrogens (primary N) is 1. The fourth-order valence-electron chi connectivity index (χ4n) is 1.98. The van der Waals surface area contributed by atoms with Crippen molar-refractivity contribution in [3.8, 4) is 0 Å². The van der Waals surface area contributed by atoms with Gasteiger partial charge in [0.25, 0.3) is 5.91 Å². The molecule has 0 aliphatic heterocycles. The first-order valence-corrected chi connectivity index (χ1v) is 6.20. The molecule has 1 aromatic carbocycles. The van der Waals surface area contributed by atoms with Gasteiger partial charge in [-0.25, -0.2) is 0 Å². The first-order valence-electron chi connectivity index (χ1n) is 6.20. The quantitative estimate of drug-likeness (QED) is 0.818. The molecule has 2 rings (SSSR count). The molecular formula is C14H18N4O. The summed E-state index contributed by atoms with van der Waals surface area (Å²) in [5.74, 6) is -0.0860. The third kappa shape index (κ3) is 3.34. The zero-order chi connectivity index (χ0) is 13.8. The molecule has 0 aliphatic carbocycles. The molecule has 19 heavy (non-hydrogen) atoms. The highest BCUT2D eigenvalue weighted by Gasteiger charge is 2.12. The number of nitrogens with one attached hydrogen (secondary N) is 1. The largest absolute Gasteiger partial charge is 0.399 e. The maximum Gasteiger partial charge on any atom is 0.251 e. The minimum atomic E-state index is -0.0860. The number of hydrogen-bond acceptors (Lipinski definition) is 3. The highest BCUT2D eigenvalue weighted by molar-refractivity contribution is 5.96. The second-order valence-corrected chi connectivity index (χ2v) is 4.68. The molecule has 0 spiro atoms. The molecule has 100 valence electrons. The SMILES string of the molecule is Cc1cc(N)ccc1C(=O)NC(C)Cn1cccn1. The topological polar surface area (TPSA) is 72.9 Å². The summed E-state index contributed by atoms with van der Waals surface area (Å²) in [6.07, 6.45) is 3.59. The van der Waals surface area contributed by atoms with Gasteiger partial charge in [-0.15, -0.1) is 0 Å². The number of hydrogen-bond donors (Lipinski definition) is 2. The lowest BCUT2D eigenvalue weighted by Crippen LogP contribution is -2.36. The van der Waals surface area contributed by atoms with Gasteiger partial charge in [-0.1, -0.05) is 0 Å². The Bertz CT molecular complexity index is 563. The van der Waals surface area contributed by atoms with Crippen molar-refractivity contribution in [1.29, 1.82) is 0 Å². The van der Waals surface area contributed by atoms with Gasteiger partial charge in [-0.2, -0.15) is 5.10 Å². The van der Waals surface area contributed by atoms with E-state index in [0.29, 0.717) is 17.8 Å². The summed E-state index contributed by atoms with van der Waals surface area (Å²) in [6, 6.07) is 7.15. The van der Waals surface area contributed by atoms with Crippen LogP contribution < -0.4 is 11.1 Å². The van der Waals surface area contributed by atoms with Gasteiger partial charge in [-0.05, 0) is 43.7 Å². The van der Waals surface area contributed by atoms with E-state index < -0.39 is 0 Å². The summed E-state index contributed by atoms with van der Waals surface area (Å²) in [4.78, 5) is 12.1. The Labute approximate surface area is 112 Å². The van der Waals surface area contributed by atoms with Crippen LogP contribution in [0.1, 0.15) is 22.8 Å². The zero-order valence-corrected chi connectivity index (χ0v) is 11.1. The number of amides is 1. The van der Waals surface area contributed by atoms with Gasteiger partial charge in [0.1, 0.15) is 0 Å². The molecule has 0 saturated heterocycles. The Kier molecular flexibility index (Phi) is 3.85. The second-order valence-electron chi connectivity index (χ2n) is 4.68. The van der Waals surface area contributed by atoms with E-state index in [1.54, 1.807) is 29.1 Å². The van der Waals surface area contributed by atoms with Crippen molar-refractivity contribution in [1.82, 2.24) is 15.1 Å². The van der Waals surface area contributed by atoms with Crippen molar-refractivity contribution in [2.24, 2.45) is 0 Å². The Morgan fingerprint density at radius 1 is 1.53 bits per heavy atom. The number of anilines is 1. The minimum Gasteiger partial charge on any atom is -0.399 e. The monoisotopic (exact) mass is 258 g/mol. The van der Waals surface area contributed by atoms with Crippen molar-refractivity contribution >= 4 is 11.6 Å². The molecule has 5 heteroatoms. The van der Waals surface area contributed by atoms with Crippen LogP contribution in [0.15, 0.2) is 36.7 Å². The summed E-state index contributed by atoms with van der Waals surface area (Å²) in [6.45, 7) is 4.47. The van der Waals surface area contributed by atoms with E-state index in [1.165, 1.54) is 0 Å². The normalized spacial score (nSPS) is 12.1. The van der Waals surface area contributed by atoms with Crippen molar-refractivity contribution in [3.63, 3.8) is 0 Å². The minimum absolute atomic E-state index is 0.00403. The number of nitrogen functional groups attached to an aromatic ring is 1. The molecule has 0 radical (unpaired) electrons. The van der Waals surface area contributed by atoms with Crippen LogP contribution in [0, 0.1) is 6.92 Å². The van der Waals surface area contributed by atoms with Gasteiger partial charge in [0.2, 0.25) is 0 Å². The summed E-state index contributed by atoms with van der Waals surface area (Å²) >= 11 is 0. The Morgan fingerprint density at radius 3 is 2.95 bits per heavy atom. The number of aryl methyl sites for hydroxylation is 1. The second kappa shape index (κ2) is 5.56. The summed E-state index contributed by atoms with van der Waals surface area (Å²) in [5.41, 5.74) is 7.87. The summed E-state index contributed by atoms with van der Waals surface area (Å²) in [5, 5.41) is 7.07.